The molecule has 0 saturated carbocycles. The Balaban J connectivity index is 1.48. The van der Waals surface area contributed by atoms with Gasteiger partial charge in [-0.2, -0.15) is 0 Å². The number of aryl methyl sites for hydroxylation is 1. The Hall–Kier alpha value is -2.62. The van der Waals surface area contributed by atoms with Gasteiger partial charge >= 0.3 is 0 Å². The molecular weight excluding hydrogens is 310 g/mol. The maximum Gasteiger partial charge on any atom is 0.255 e. The molecule has 2 aliphatic rings. The standard InChI is InChI=1S/C21H21N3O/c25-21(16-8-10-20-22-11-13-23(20)14-16)24-12-3-6-18-17-5-2-1-4-15(17)7-9-19(18)24/h1-2,4-5,8,10-11,13-14,18-19H,3,6-7,9,12H2/t18-,19+/m0/s1. The van der Waals surface area contributed by atoms with Gasteiger partial charge in [-0.1, -0.05) is 24.3 Å². The Morgan fingerprint density at radius 3 is 3.00 bits per heavy atom. The molecular formula is C21H21N3O. The van der Waals surface area contributed by atoms with Crippen molar-refractivity contribution in [1.29, 1.82) is 0 Å². The molecule has 4 nitrogen and oxygen atoms in total. The number of amides is 1. The number of nitrogens with zero attached hydrogens (tertiary/aromatic N) is 3. The van der Waals surface area contributed by atoms with E-state index in [1.54, 1.807) is 6.20 Å². The van der Waals surface area contributed by atoms with Crippen molar-refractivity contribution in [3.8, 4) is 0 Å². The molecule has 4 heteroatoms. The molecule has 2 aromatic heterocycles. The van der Waals surface area contributed by atoms with Crippen molar-refractivity contribution in [2.45, 2.75) is 37.6 Å². The fourth-order valence-corrected chi connectivity index (χ4v) is 4.67. The average Bonchev–Trinajstić information content (AvgIpc) is 3.14. The highest BCUT2D eigenvalue weighted by molar-refractivity contribution is 5.94. The summed E-state index contributed by atoms with van der Waals surface area (Å²) in [4.78, 5) is 19.6. The summed E-state index contributed by atoms with van der Waals surface area (Å²) < 4.78 is 1.92. The van der Waals surface area contributed by atoms with Gasteiger partial charge < -0.3 is 9.30 Å². The summed E-state index contributed by atoms with van der Waals surface area (Å²) in [6, 6.07) is 12.9. The largest absolute Gasteiger partial charge is 0.335 e. The molecule has 1 aliphatic carbocycles. The van der Waals surface area contributed by atoms with Gasteiger partial charge in [0.05, 0.1) is 5.56 Å². The number of carbonyl (C=O) groups is 1. The highest BCUT2D eigenvalue weighted by Gasteiger charge is 2.38. The van der Waals surface area contributed by atoms with E-state index in [1.807, 2.05) is 28.9 Å². The van der Waals surface area contributed by atoms with Crippen LogP contribution in [0.3, 0.4) is 0 Å². The normalized spacial score (nSPS) is 22.5. The molecule has 0 bridgehead atoms. The van der Waals surface area contributed by atoms with E-state index in [2.05, 4.69) is 34.1 Å². The first-order valence-electron chi connectivity index (χ1n) is 9.13. The molecule has 1 amide bonds. The van der Waals surface area contributed by atoms with Crippen LogP contribution in [0.2, 0.25) is 0 Å². The summed E-state index contributed by atoms with van der Waals surface area (Å²) in [5.41, 5.74) is 4.56. The van der Waals surface area contributed by atoms with E-state index in [4.69, 9.17) is 0 Å². The minimum atomic E-state index is 0.157. The lowest BCUT2D eigenvalue weighted by atomic mass is 9.74. The molecule has 126 valence electrons. The van der Waals surface area contributed by atoms with Crippen molar-refractivity contribution >= 4 is 11.6 Å². The number of hydrogen-bond acceptors (Lipinski definition) is 2. The van der Waals surface area contributed by atoms with Crippen molar-refractivity contribution in [2.24, 2.45) is 0 Å². The number of piperidine rings is 1. The summed E-state index contributed by atoms with van der Waals surface area (Å²) in [7, 11) is 0. The fraction of sp³-hybridized carbons (Fsp3) is 0.333. The Kier molecular flexibility index (Phi) is 3.37. The Bertz CT molecular complexity index is 945. The van der Waals surface area contributed by atoms with Crippen molar-refractivity contribution in [3.05, 3.63) is 71.7 Å². The number of benzene rings is 1. The van der Waals surface area contributed by atoms with E-state index in [0.717, 1.165) is 37.0 Å². The third-order valence-corrected chi connectivity index (χ3v) is 5.84. The Labute approximate surface area is 147 Å². The average molecular weight is 331 g/mol. The second-order valence-corrected chi connectivity index (χ2v) is 7.16. The van der Waals surface area contributed by atoms with Crippen molar-refractivity contribution in [3.63, 3.8) is 0 Å². The molecule has 1 fully saturated rings. The molecule has 0 N–H and O–H groups in total. The first kappa shape index (κ1) is 14.7. The molecule has 25 heavy (non-hydrogen) atoms. The van der Waals surface area contributed by atoms with Crippen LogP contribution >= 0.6 is 0 Å². The zero-order valence-electron chi connectivity index (χ0n) is 14.1. The topological polar surface area (TPSA) is 37.6 Å². The van der Waals surface area contributed by atoms with Crippen LogP contribution in [0.15, 0.2) is 55.0 Å². The van der Waals surface area contributed by atoms with Gasteiger partial charge in [-0.3, -0.25) is 4.79 Å². The summed E-state index contributed by atoms with van der Waals surface area (Å²) in [5, 5.41) is 0. The van der Waals surface area contributed by atoms with Crippen LogP contribution in [0.5, 0.6) is 0 Å². The number of hydrogen-bond donors (Lipinski definition) is 0. The van der Waals surface area contributed by atoms with E-state index < -0.39 is 0 Å². The van der Waals surface area contributed by atoms with Crippen LogP contribution in [-0.4, -0.2) is 32.8 Å². The zero-order chi connectivity index (χ0) is 16.8. The van der Waals surface area contributed by atoms with Crippen LogP contribution in [0.4, 0.5) is 0 Å². The van der Waals surface area contributed by atoms with Crippen LogP contribution in [0.1, 0.15) is 46.7 Å². The number of imidazole rings is 1. The molecule has 1 saturated heterocycles. The van der Waals surface area contributed by atoms with Gasteiger partial charge in [0.15, 0.2) is 0 Å². The highest BCUT2D eigenvalue weighted by atomic mass is 16.2. The third-order valence-electron chi connectivity index (χ3n) is 5.84. The number of carbonyl (C=O) groups excluding carboxylic acids is 1. The number of aromatic nitrogens is 2. The van der Waals surface area contributed by atoms with Crippen LogP contribution in [-0.2, 0) is 6.42 Å². The maximum absolute atomic E-state index is 13.2. The first-order valence-corrected chi connectivity index (χ1v) is 9.13. The second kappa shape index (κ2) is 5.73. The monoisotopic (exact) mass is 331 g/mol. The lowest BCUT2D eigenvalue weighted by molar-refractivity contribution is 0.0546. The van der Waals surface area contributed by atoms with Gasteiger partial charge in [0.2, 0.25) is 0 Å². The quantitative estimate of drug-likeness (QED) is 0.682. The van der Waals surface area contributed by atoms with Gasteiger partial charge in [-0.15, -0.1) is 0 Å². The number of rotatable bonds is 1. The molecule has 0 unspecified atom stereocenters. The molecule has 1 aromatic carbocycles. The van der Waals surface area contributed by atoms with E-state index in [0.29, 0.717) is 12.0 Å². The van der Waals surface area contributed by atoms with E-state index in [1.165, 1.54) is 17.5 Å². The molecule has 1 aliphatic heterocycles. The predicted octanol–water partition coefficient (Wildman–Crippen LogP) is 3.67. The summed E-state index contributed by atoms with van der Waals surface area (Å²) in [6.45, 7) is 0.865. The minimum absolute atomic E-state index is 0.157. The van der Waals surface area contributed by atoms with Crippen LogP contribution in [0.25, 0.3) is 5.65 Å². The summed E-state index contributed by atoms with van der Waals surface area (Å²) in [5.74, 6) is 0.643. The number of fused-ring (bicyclic) bond motifs is 4. The van der Waals surface area contributed by atoms with Crippen LogP contribution < -0.4 is 0 Å². The van der Waals surface area contributed by atoms with Gasteiger partial charge in [0, 0.05) is 37.1 Å². The smallest absolute Gasteiger partial charge is 0.255 e. The molecule has 2 atom stereocenters. The lowest BCUT2D eigenvalue weighted by Gasteiger charge is -2.45. The Morgan fingerprint density at radius 2 is 2.04 bits per heavy atom. The lowest BCUT2D eigenvalue weighted by Crippen LogP contribution is -2.49. The summed E-state index contributed by atoms with van der Waals surface area (Å²) >= 11 is 0. The molecule has 0 radical (unpaired) electrons. The molecule has 5 rings (SSSR count). The van der Waals surface area contributed by atoms with Gasteiger partial charge in [0.25, 0.3) is 5.91 Å². The SMILES string of the molecule is O=C(c1ccc2nccn2c1)N1CCC[C@H]2c3ccccc3CC[C@H]21. The Morgan fingerprint density at radius 1 is 1.12 bits per heavy atom. The predicted molar refractivity (Wildman–Crippen MR) is 96.8 cm³/mol. The zero-order valence-corrected chi connectivity index (χ0v) is 14.1. The van der Waals surface area contributed by atoms with Crippen molar-refractivity contribution in [1.82, 2.24) is 14.3 Å². The summed E-state index contributed by atoms with van der Waals surface area (Å²) in [6.07, 6.45) is 9.97. The van der Waals surface area contributed by atoms with Crippen molar-refractivity contribution in [2.75, 3.05) is 6.54 Å². The molecule has 3 aromatic rings. The first-order chi connectivity index (χ1) is 12.3. The number of pyridine rings is 1. The highest BCUT2D eigenvalue weighted by Crippen LogP contribution is 2.41. The third kappa shape index (κ3) is 2.36. The van der Waals surface area contributed by atoms with Gasteiger partial charge in [-0.25, -0.2) is 4.98 Å². The van der Waals surface area contributed by atoms with E-state index in [9.17, 15) is 4.79 Å². The minimum Gasteiger partial charge on any atom is -0.335 e. The molecule has 3 heterocycles. The van der Waals surface area contributed by atoms with E-state index in [-0.39, 0.29) is 5.91 Å². The second-order valence-electron chi connectivity index (χ2n) is 7.16. The fourth-order valence-electron chi connectivity index (χ4n) is 4.67. The van der Waals surface area contributed by atoms with Crippen molar-refractivity contribution < 1.29 is 4.79 Å². The molecule has 0 spiro atoms. The maximum atomic E-state index is 13.2. The van der Waals surface area contributed by atoms with E-state index >= 15 is 0 Å². The van der Waals surface area contributed by atoms with Gasteiger partial charge in [-0.05, 0) is 48.9 Å². The number of likely N-dealkylation sites (tertiary alicyclic amines) is 1. The van der Waals surface area contributed by atoms with Crippen LogP contribution in [0, 0.1) is 0 Å². The van der Waals surface area contributed by atoms with Gasteiger partial charge in [0.1, 0.15) is 5.65 Å².